The topological polar surface area (TPSA) is 20.2 Å². The summed E-state index contributed by atoms with van der Waals surface area (Å²) in [5.41, 5.74) is 2.63. The molecule has 1 unspecified atom stereocenters. The molecule has 112 valence electrons. The lowest BCUT2D eigenvalue weighted by Gasteiger charge is -2.31. The van der Waals surface area contributed by atoms with Gasteiger partial charge in [-0.3, -0.25) is 0 Å². The third-order valence-electron chi connectivity index (χ3n) is 4.11. The van der Waals surface area contributed by atoms with Gasteiger partial charge in [0.15, 0.2) is 0 Å². The maximum atomic E-state index is 13.1. The van der Waals surface area contributed by atoms with Gasteiger partial charge < -0.3 is 5.11 Å². The van der Waals surface area contributed by atoms with Crippen LogP contribution in [0.25, 0.3) is 0 Å². The Morgan fingerprint density at radius 2 is 1.57 bits per heavy atom. The maximum absolute atomic E-state index is 13.1. The average Bonchev–Trinajstić information content (AvgIpc) is 2.48. The van der Waals surface area contributed by atoms with Gasteiger partial charge in [-0.25, -0.2) is 4.39 Å². The number of benzene rings is 2. The highest BCUT2D eigenvalue weighted by Crippen LogP contribution is 2.36. The first-order chi connectivity index (χ1) is 9.95. The second-order valence-electron chi connectivity index (χ2n) is 6.12. The fraction of sp³-hybridized carbons (Fsp3) is 0.368. The zero-order valence-corrected chi connectivity index (χ0v) is 12.9. The van der Waals surface area contributed by atoms with Gasteiger partial charge in [0.25, 0.3) is 0 Å². The van der Waals surface area contributed by atoms with Crippen LogP contribution >= 0.6 is 0 Å². The van der Waals surface area contributed by atoms with Gasteiger partial charge in [0, 0.05) is 5.41 Å². The second-order valence-corrected chi connectivity index (χ2v) is 6.12. The Hall–Kier alpha value is -1.67. The van der Waals surface area contributed by atoms with Gasteiger partial charge in [0.2, 0.25) is 0 Å². The zero-order valence-electron chi connectivity index (χ0n) is 12.9. The van der Waals surface area contributed by atoms with Crippen molar-refractivity contribution in [3.63, 3.8) is 0 Å². The summed E-state index contributed by atoms with van der Waals surface area (Å²) >= 11 is 0. The first-order valence-electron chi connectivity index (χ1n) is 7.48. The Morgan fingerprint density at radius 3 is 2.10 bits per heavy atom. The molecule has 0 heterocycles. The molecule has 0 fully saturated rings. The Morgan fingerprint density at radius 1 is 1.00 bits per heavy atom. The standard InChI is InChI=1S/C19H23FO/c1-4-5-14-6-8-15(9-7-14)18(21)19(2,3)16-10-12-17(20)13-11-16/h6-13,18,21H,4-5H2,1-3H3. The molecule has 21 heavy (non-hydrogen) atoms. The van der Waals surface area contributed by atoms with Crippen LogP contribution in [0.15, 0.2) is 48.5 Å². The molecule has 2 aromatic carbocycles. The summed E-state index contributed by atoms with van der Waals surface area (Å²) in [5.74, 6) is -0.257. The van der Waals surface area contributed by atoms with Crippen LogP contribution in [0.1, 0.15) is 50.0 Å². The summed E-state index contributed by atoms with van der Waals surface area (Å²) in [5, 5.41) is 10.7. The number of aliphatic hydroxyl groups excluding tert-OH is 1. The largest absolute Gasteiger partial charge is 0.388 e. The molecule has 0 aliphatic rings. The van der Waals surface area contributed by atoms with Crippen LogP contribution in [0.5, 0.6) is 0 Å². The normalized spacial score (nSPS) is 13.2. The zero-order chi connectivity index (χ0) is 15.5. The molecule has 1 nitrogen and oxygen atoms in total. The average molecular weight is 286 g/mol. The van der Waals surface area contributed by atoms with E-state index in [1.807, 2.05) is 26.0 Å². The predicted molar refractivity (Wildman–Crippen MR) is 84.8 cm³/mol. The van der Waals surface area contributed by atoms with Gasteiger partial charge in [0.1, 0.15) is 5.82 Å². The number of hydrogen-bond acceptors (Lipinski definition) is 1. The van der Waals surface area contributed by atoms with E-state index in [0.717, 1.165) is 24.0 Å². The molecule has 0 bridgehead atoms. The first kappa shape index (κ1) is 15.7. The van der Waals surface area contributed by atoms with Crippen molar-refractivity contribution in [2.45, 2.75) is 45.1 Å². The molecule has 2 rings (SSSR count). The van der Waals surface area contributed by atoms with Crippen molar-refractivity contribution in [3.05, 3.63) is 71.0 Å². The van der Waals surface area contributed by atoms with Crippen molar-refractivity contribution in [1.82, 2.24) is 0 Å². The number of hydrogen-bond donors (Lipinski definition) is 1. The Kier molecular flexibility index (Phi) is 4.79. The molecule has 0 saturated heterocycles. The minimum absolute atomic E-state index is 0.257. The van der Waals surface area contributed by atoms with Crippen LogP contribution in [-0.2, 0) is 11.8 Å². The fourth-order valence-corrected chi connectivity index (χ4v) is 2.61. The molecule has 0 spiro atoms. The van der Waals surface area contributed by atoms with Gasteiger partial charge in [0.05, 0.1) is 6.10 Å². The van der Waals surface area contributed by atoms with E-state index in [-0.39, 0.29) is 5.82 Å². The highest BCUT2D eigenvalue weighted by Gasteiger charge is 2.31. The van der Waals surface area contributed by atoms with E-state index in [9.17, 15) is 9.50 Å². The summed E-state index contributed by atoms with van der Waals surface area (Å²) in [4.78, 5) is 0. The van der Waals surface area contributed by atoms with Crippen molar-refractivity contribution in [2.75, 3.05) is 0 Å². The molecular formula is C19H23FO. The molecule has 0 aliphatic carbocycles. The quantitative estimate of drug-likeness (QED) is 0.838. The SMILES string of the molecule is CCCc1ccc(C(O)C(C)(C)c2ccc(F)cc2)cc1. The van der Waals surface area contributed by atoms with E-state index in [1.54, 1.807) is 12.1 Å². The van der Waals surface area contributed by atoms with Gasteiger partial charge in [-0.1, -0.05) is 63.6 Å². The first-order valence-corrected chi connectivity index (χ1v) is 7.48. The summed E-state index contributed by atoms with van der Waals surface area (Å²) in [6, 6.07) is 14.5. The van der Waals surface area contributed by atoms with Crippen molar-refractivity contribution in [2.24, 2.45) is 0 Å². The number of aliphatic hydroxyl groups is 1. The summed E-state index contributed by atoms with van der Waals surface area (Å²) < 4.78 is 13.1. The minimum atomic E-state index is -0.626. The van der Waals surface area contributed by atoms with E-state index in [2.05, 4.69) is 19.1 Å². The third-order valence-corrected chi connectivity index (χ3v) is 4.11. The van der Waals surface area contributed by atoms with E-state index < -0.39 is 11.5 Å². The van der Waals surface area contributed by atoms with Gasteiger partial charge in [-0.05, 0) is 35.2 Å². The van der Waals surface area contributed by atoms with Crippen molar-refractivity contribution in [3.8, 4) is 0 Å². The lowest BCUT2D eigenvalue weighted by molar-refractivity contribution is 0.100. The van der Waals surface area contributed by atoms with Gasteiger partial charge in [-0.2, -0.15) is 0 Å². The molecular weight excluding hydrogens is 263 g/mol. The second kappa shape index (κ2) is 6.40. The molecule has 1 atom stereocenters. The van der Waals surface area contributed by atoms with Crippen molar-refractivity contribution in [1.29, 1.82) is 0 Å². The Bertz CT molecular complexity index is 570. The fourth-order valence-electron chi connectivity index (χ4n) is 2.61. The lowest BCUT2D eigenvalue weighted by atomic mass is 9.76. The van der Waals surface area contributed by atoms with Crippen LogP contribution in [0.4, 0.5) is 4.39 Å². The molecule has 0 saturated carbocycles. The number of aryl methyl sites for hydroxylation is 1. The molecule has 0 radical (unpaired) electrons. The summed E-state index contributed by atoms with van der Waals surface area (Å²) in [7, 11) is 0. The summed E-state index contributed by atoms with van der Waals surface area (Å²) in [6.07, 6.45) is 1.54. The highest BCUT2D eigenvalue weighted by molar-refractivity contribution is 5.32. The third kappa shape index (κ3) is 3.51. The van der Waals surface area contributed by atoms with Gasteiger partial charge in [-0.15, -0.1) is 0 Å². The molecule has 0 aromatic heterocycles. The Balaban J connectivity index is 2.24. The monoisotopic (exact) mass is 286 g/mol. The van der Waals surface area contributed by atoms with Crippen molar-refractivity contribution < 1.29 is 9.50 Å². The number of halogens is 1. The maximum Gasteiger partial charge on any atom is 0.123 e. The lowest BCUT2D eigenvalue weighted by Crippen LogP contribution is -2.26. The van der Waals surface area contributed by atoms with Gasteiger partial charge >= 0.3 is 0 Å². The van der Waals surface area contributed by atoms with E-state index in [1.165, 1.54) is 17.7 Å². The smallest absolute Gasteiger partial charge is 0.123 e. The van der Waals surface area contributed by atoms with Crippen LogP contribution in [0, 0.1) is 5.82 Å². The van der Waals surface area contributed by atoms with E-state index in [4.69, 9.17) is 0 Å². The summed E-state index contributed by atoms with van der Waals surface area (Å²) in [6.45, 7) is 6.11. The highest BCUT2D eigenvalue weighted by atomic mass is 19.1. The minimum Gasteiger partial charge on any atom is -0.388 e. The molecule has 0 aliphatic heterocycles. The van der Waals surface area contributed by atoms with Crippen molar-refractivity contribution >= 4 is 0 Å². The Labute approximate surface area is 126 Å². The van der Waals surface area contributed by atoms with E-state index in [0.29, 0.717) is 0 Å². The number of rotatable bonds is 5. The van der Waals surface area contributed by atoms with Crippen LogP contribution in [0.2, 0.25) is 0 Å². The van der Waals surface area contributed by atoms with Crippen LogP contribution in [-0.4, -0.2) is 5.11 Å². The predicted octanol–water partition coefficient (Wildman–Crippen LogP) is 4.79. The van der Waals surface area contributed by atoms with Crippen LogP contribution < -0.4 is 0 Å². The molecule has 2 heteroatoms. The molecule has 2 aromatic rings. The molecule has 0 amide bonds. The molecule has 1 N–H and O–H groups in total. The van der Waals surface area contributed by atoms with Crippen LogP contribution in [0.3, 0.4) is 0 Å². The van der Waals surface area contributed by atoms with E-state index >= 15 is 0 Å².